The molecule has 0 amide bonds. The predicted octanol–water partition coefficient (Wildman–Crippen LogP) is 2.68. The fourth-order valence-electron chi connectivity index (χ4n) is 6.08. The molecule has 3 nitrogen and oxygen atoms in total. The van der Waals surface area contributed by atoms with Crippen molar-refractivity contribution >= 4 is 0 Å². The summed E-state index contributed by atoms with van der Waals surface area (Å²) in [6.07, 6.45) is 10.5. The maximum absolute atomic E-state index is 6.25. The van der Waals surface area contributed by atoms with Crippen LogP contribution in [0.5, 0.6) is 0 Å². The Hall–Kier alpha value is -0.120. The van der Waals surface area contributed by atoms with Crippen LogP contribution in [-0.4, -0.2) is 25.5 Å². The van der Waals surface area contributed by atoms with Crippen LogP contribution < -0.4 is 5.73 Å². The van der Waals surface area contributed by atoms with Crippen LogP contribution in [0.1, 0.15) is 51.4 Å². The smallest absolute Gasteiger partial charge is 0.174 e. The van der Waals surface area contributed by atoms with Gasteiger partial charge in [-0.3, -0.25) is 0 Å². The first-order valence-corrected chi connectivity index (χ1v) is 8.23. The van der Waals surface area contributed by atoms with Gasteiger partial charge < -0.3 is 15.2 Å². The van der Waals surface area contributed by atoms with Gasteiger partial charge >= 0.3 is 0 Å². The molecule has 0 aromatic heterocycles. The molecular formula is C16H27NO2. The van der Waals surface area contributed by atoms with Crippen LogP contribution >= 0.6 is 0 Å². The number of ether oxygens (including phenoxy) is 2. The van der Waals surface area contributed by atoms with E-state index in [0.29, 0.717) is 5.41 Å². The van der Waals surface area contributed by atoms with Crippen molar-refractivity contribution in [3.8, 4) is 0 Å². The minimum absolute atomic E-state index is 0.275. The Morgan fingerprint density at radius 2 is 1.42 bits per heavy atom. The molecule has 0 aromatic rings. The van der Waals surface area contributed by atoms with Gasteiger partial charge in [0.2, 0.25) is 0 Å². The molecule has 108 valence electrons. The quantitative estimate of drug-likeness (QED) is 0.850. The average molecular weight is 265 g/mol. The maximum atomic E-state index is 6.25. The van der Waals surface area contributed by atoms with Gasteiger partial charge in [-0.05, 0) is 69.2 Å². The van der Waals surface area contributed by atoms with Gasteiger partial charge in [-0.15, -0.1) is 0 Å². The zero-order valence-electron chi connectivity index (χ0n) is 11.9. The second kappa shape index (κ2) is 4.44. The van der Waals surface area contributed by atoms with Gasteiger partial charge in [0.1, 0.15) is 0 Å². The molecule has 0 radical (unpaired) electrons. The summed E-state index contributed by atoms with van der Waals surface area (Å²) >= 11 is 0. The van der Waals surface area contributed by atoms with Crippen LogP contribution in [0.25, 0.3) is 0 Å². The van der Waals surface area contributed by atoms with Crippen molar-refractivity contribution in [3.05, 3.63) is 0 Å². The second-order valence-electron chi connectivity index (χ2n) is 7.54. The van der Waals surface area contributed by atoms with Gasteiger partial charge in [0.05, 0.1) is 13.2 Å². The van der Waals surface area contributed by atoms with E-state index in [1.807, 2.05) is 0 Å². The fourth-order valence-corrected chi connectivity index (χ4v) is 6.08. The summed E-state index contributed by atoms with van der Waals surface area (Å²) in [4.78, 5) is 0. The average Bonchev–Trinajstić information content (AvgIpc) is 2.85. The number of nitrogens with two attached hydrogens (primary N) is 1. The van der Waals surface area contributed by atoms with E-state index >= 15 is 0 Å². The summed E-state index contributed by atoms with van der Waals surface area (Å²) in [5, 5.41) is 0. The van der Waals surface area contributed by atoms with Gasteiger partial charge in [-0.25, -0.2) is 0 Å². The minimum Gasteiger partial charge on any atom is -0.347 e. The lowest BCUT2D eigenvalue weighted by Gasteiger charge is -2.61. The van der Waals surface area contributed by atoms with Crippen molar-refractivity contribution in [1.82, 2.24) is 0 Å². The normalized spacial score (nSPS) is 46.9. The van der Waals surface area contributed by atoms with Crippen molar-refractivity contribution in [2.75, 3.05) is 19.8 Å². The lowest BCUT2D eigenvalue weighted by Crippen LogP contribution is -2.59. The zero-order chi connectivity index (χ0) is 12.9. The standard InChI is InChI=1S/C16H27NO2/c17-3-1-2-16(18-4-5-19-16)15-9-12-6-13(10-15)8-14(7-12)11-15/h12-14H,1-11,17H2. The molecule has 19 heavy (non-hydrogen) atoms. The second-order valence-corrected chi connectivity index (χ2v) is 7.54. The SMILES string of the molecule is NCCCC1(C23CC4CC(CC(C4)C2)C3)OCCO1. The van der Waals surface area contributed by atoms with Gasteiger partial charge in [-0.2, -0.15) is 0 Å². The highest BCUT2D eigenvalue weighted by Gasteiger charge is 2.62. The fraction of sp³-hybridized carbons (Fsp3) is 1.00. The molecule has 5 aliphatic rings. The molecule has 1 heterocycles. The molecule has 2 N–H and O–H groups in total. The molecule has 0 atom stereocenters. The summed E-state index contributed by atoms with van der Waals surface area (Å²) in [7, 11) is 0. The van der Waals surface area contributed by atoms with E-state index in [1.165, 1.54) is 38.5 Å². The van der Waals surface area contributed by atoms with Crippen molar-refractivity contribution in [2.24, 2.45) is 28.9 Å². The molecule has 0 spiro atoms. The van der Waals surface area contributed by atoms with Crippen LogP contribution in [0.15, 0.2) is 0 Å². The molecule has 0 aromatic carbocycles. The third-order valence-electron chi connectivity index (χ3n) is 6.31. The lowest BCUT2D eigenvalue weighted by molar-refractivity contribution is -0.285. The van der Waals surface area contributed by atoms with Crippen LogP contribution in [0.2, 0.25) is 0 Å². The van der Waals surface area contributed by atoms with Crippen LogP contribution in [0.4, 0.5) is 0 Å². The van der Waals surface area contributed by atoms with E-state index < -0.39 is 0 Å². The predicted molar refractivity (Wildman–Crippen MR) is 73.5 cm³/mol. The van der Waals surface area contributed by atoms with Crippen molar-refractivity contribution in [1.29, 1.82) is 0 Å². The molecule has 4 saturated carbocycles. The monoisotopic (exact) mass is 265 g/mol. The Morgan fingerprint density at radius 1 is 0.895 bits per heavy atom. The maximum Gasteiger partial charge on any atom is 0.174 e. The van der Waals surface area contributed by atoms with E-state index in [2.05, 4.69) is 0 Å². The van der Waals surface area contributed by atoms with Gasteiger partial charge in [-0.1, -0.05) is 0 Å². The summed E-state index contributed by atoms with van der Waals surface area (Å²) in [5.74, 6) is 2.58. The highest BCUT2D eigenvalue weighted by Crippen LogP contribution is 2.65. The molecule has 5 rings (SSSR count). The molecule has 5 fully saturated rings. The number of hydrogen-bond acceptors (Lipinski definition) is 3. The lowest BCUT2D eigenvalue weighted by atomic mass is 9.47. The number of rotatable bonds is 4. The van der Waals surface area contributed by atoms with Crippen molar-refractivity contribution in [2.45, 2.75) is 57.2 Å². The van der Waals surface area contributed by atoms with E-state index in [-0.39, 0.29) is 5.79 Å². The molecule has 1 saturated heterocycles. The topological polar surface area (TPSA) is 44.5 Å². The Labute approximate surface area is 116 Å². The van der Waals surface area contributed by atoms with E-state index in [9.17, 15) is 0 Å². The van der Waals surface area contributed by atoms with Crippen LogP contribution in [0.3, 0.4) is 0 Å². The Kier molecular flexibility index (Phi) is 2.95. The van der Waals surface area contributed by atoms with Gasteiger partial charge in [0.25, 0.3) is 0 Å². The van der Waals surface area contributed by atoms with Crippen LogP contribution in [-0.2, 0) is 9.47 Å². The first-order valence-electron chi connectivity index (χ1n) is 8.23. The molecule has 0 unspecified atom stereocenters. The molecule has 3 heteroatoms. The third-order valence-corrected chi connectivity index (χ3v) is 6.31. The van der Waals surface area contributed by atoms with Gasteiger partial charge in [0.15, 0.2) is 5.79 Å². The summed E-state index contributed by atoms with van der Waals surface area (Å²) in [5.41, 5.74) is 6.07. The first-order chi connectivity index (χ1) is 9.25. The van der Waals surface area contributed by atoms with E-state index in [1.54, 1.807) is 0 Å². The van der Waals surface area contributed by atoms with Crippen LogP contribution in [0, 0.1) is 23.2 Å². The summed E-state index contributed by atoms with van der Waals surface area (Å²) in [6, 6.07) is 0. The largest absolute Gasteiger partial charge is 0.347 e. The van der Waals surface area contributed by atoms with Gasteiger partial charge in [0, 0.05) is 11.8 Å². The summed E-state index contributed by atoms with van der Waals surface area (Å²) < 4.78 is 12.5. The molecule has 4 bridgehead atoms. The minimum atomic E-state index is -0.275. The Bertz CT molecular complexity index is 313. The Morgan fingerprint density at radius 3 is 1.89 bits per heavy atom. The van der Waals surface area contributed by atoms with E-state index in [0.717, 1.165) is 50.4 Å². The highest BCUT2D eigenvalue weighted by molar-refractivity contribution is 5.08. The van der Waals surface area contributed by atoms with E-state index in [4.69, 9.17) is 15.2 Å². The summed E-state index contributed by atoms with van der Waals surface area (Å²) in [6.45, 7) is 2.32. The molecular weight excluding hydrogens is 238 g/mol. The first kappa shape index (κ1) is 12.6. The zero-order valence-corrected chi connectivity index (χ0v) is 11.9. The molecule has 4 aliphatic carbocycles. The third kappa shape index (κ3) is 1.81. The molecule has 1 aliphatic heterocycles. The highest BCUT2D eigenvalue weighted by atomic mass is 16.7. The van der Waals surface area contributed by atoms with Crippen molar-refractivity contribution < 1.29 is 9.47 Å². The Balaban J connectivity index is 1.64. The number of hydrogen-bond donors (Lipinski definition) is 1. The van der Waals surface area contributed by atoms with Crippen molar-refractivity contribution in [3.63, 3.8) is 0 Å².